The summed E-state index contributed by atoms with van der Waals surface area (Å²) in [4.78, 5) is 6.67. The van der Waals surface area contributed by atoms with Crippen molar-refractivity contribution in [1.29, 1.82) is 0 Å². The van der Waals surface area contributed by atoms with E-state index in [0.29, 0.717) is 12.6 Å². The van der Waals surface area contributed by atoms with Gasteiger partial charge in [-0.15, -0.1) is 0 Å². The second-order valence-electron chi connectivity index (χ2n) is 6.15. The van der Waals surface area contributed by atoms with Crippen LogP contribution in [-0.2, 0) is 0 Å². The Balaban J connectivity index is 2.09. The molecule has 2 unspecified atom stereocenters. The van der Waals surface area contributed by atoms with Crippen molar-refractivity contribution in [1.82, 2.24) is 10.3 Å². The van der Waals surface area contributed by atoms with Gasteiger partial charge < -0.3 is 15.3 Å². The Kier molecular flexibility index (Phi) is 5.00. The Morgan fingerprint density at radius 1 is 1.55 bits per heavy atom. The molecule has 2 heterocycles. The Bertz CT molecular complexity index is 433. The first-order valence-electron chi connectivity index (χ1n) is 7.68. The average Bonchev–Trinajstić information content (AvgIpc) is 2.44. The molecule has 1 aromatic heterocycles. The highest BCUT2D eigenvalue weighted by Crippen LogP contribution is 2.25. The zero-order chi connectivity index (χ0) is 14.6. The average molecular weight is 277 g/mol. The molecule has 0 saturated carbocycles. The van der Waals surface area contributed by atoms with Gasteiger partial charge in [-0.2, -0.15) is 0 Å². The number of aliphatic hydroxyl groups is 1. The summed E-state index contributed by atoms with van der Waals surface area (Å²) in [5, 5.41) is 13.7. The van der Waals surface area contributed by atoms with Crippen molar-refractivity contribution in [3.63, 3.8) is 0 Å². The van der Waals surface area contributed by atoms with Crippen LogP contribution < -0.4 is 10.2 Å². The second-order valence-corrected chi connectivity index (χ2v) is 6.15. The van der Waals surface area contributed by atoms with Crippen LogP contribution in [0.3, 0.4) is 0 Å². The third kappa shape index (κ3) is 3.93. The largest absolute Gasteiger partial charge is 0.388 e. The molecular formula is C16H27N3O. The number of rotatable bonds is 5. The molecule has 0 aliphatic carbocycles. The lowest BCUT2D eigenvalue weighted by atomic mass is 9.95. The van der Waals surface area contributed by atoms with Crippen LogP contribution >= 0.6 is 0 Å². The summed E-state index contributed by atoms with van der Waals surface area (Å²) in [5.74, 6) is 0.979. The van der Waals surface area contributed by atoms with E-state index in [1.165, 1.54) is 5.56 Å². The lowest BCUT2D eigenvalue weighted by molar-refractivity contribution is 0.0447. The Morgan fingerprint density at radius 2 is 2.35 bits per heavy atom. The molecule has 1 aromatic rings. The van der Waals surface area contributed by atoms with Gasteiger partial charge in [0.15, 0.2) is 0 Å². The summed E-state index contributed by atoms with van der Waals surface area (Å²) >= 11 is 0. The molecule has 0 radical (unpaired) electrons. The van der Waals surface area contributed by atoms with Crippen molar-refractivity contribution in [3.8, 4) is 0 Å². The number of nitrogens with one attached hydrogen (secondary N) is 1. The minimum Gasteiger partial charge on any atom is -0.388 e. The first-order valence-corrected chi connectivity index (χ1v) is 7.68. The first kappa shape index (κ1) is 15.3. The number of anilines is 1. The second kappa shape index (κ2) is 6.55. The summed E-state index contributed by atoms with van der Waals surface area (Å²) in [7, 11) is 0. The number of aromatic nitrogens is 1. The fraction of sp³-hybridized carbons (Fsp3) is 0.688. The molecule has 2 N–H and O–H groups in total. The van der Waals surface area contributed by atoms with Crippen LogP contribution in [0.15, 0.2) is 18.3 Å². The number of hydrogen-bond donors (Lipinski definition) is 2. The van der Waals surface area contributed by atoms with Gasteiger partial charge in [0.05, 0.1) is 5.60 Å². The molecule has 112 valence electrons. The monoisotopic (exact) mass is 277 g/mol. The highest BCUT2D eigenvalue weighted by molar-refractivity contribution is 5.42. The Labute approximate surface area is 122 Å². The van der Waals surface area contributed by atoms with Gasteiger partial charge in [0.2, 0.25) is 0 Å². The maximum Gasteiger partial charge on any atom is 0.128 e. The minimum atomic E-state index is -0.595. The third-order valence-corrected chi connectivity index (χ3v) is 3.97. The van der Waals surface area contributed by atoms with Crippen LogP contribution in [0.1, 0.15) is 51.6 Å². The van der Waals surface area contributed by atoms with E-state index in [1.807, 2.05) is 13.1 Å². The molecule has 20 heavy (non-hydrogen) atoms. The molecule has 0 aromatic carbocycles. The number of pyridine rings is 1. The normalized spacial score (nSPS) is 24.7. The highest BCUT2D eigenvalue weighted by Gasteiger charge is 2.29. The van der Waals surface area contributed by atoms with Crippen molar-refractivity contribution >= 4 is 5.82 Å². The fourth-order valence-corrected chi connectivity index (χ4v) is 2.77. The van der Waals surface area contributed by atoms with Crippen molar-refractivity contribution in [3.05, 3.63) is 23.9 Å². The van der Waals surface area contributed by atoms with E-state index in [-0.39, 0.29) is 0 Å². The predicted molar refractivity (Wildman–Crippen MR) is 83.0 cm³/mol. The maximum atomic E-state index is 10.2. The van der Waals surface area contributed by atoms with E-state index in [1.54, 1.807) is 0 Å². The molecule has 0 amide bonds. The van der Waals surface area contributed by atoms with E-state index in [9.17, 15) is 5.11 Å². The Morgan fingerprint density at radius 3 is 3.05 bits per heavy atom. The van der Waals surface area contributed by atoms with Gasteiger partial charge in [-0.3, -0.25) is 0 Å². The summed E-state index contributed by atoms with van der Waals surface area (Å²) < 4.78 is 0. The molecule has 4 heteroatoms. The quantitative estimate of drug-likeness (QED) is 0.868. The summed E-state index contributed by atoms with van der Waals surface area (Å²) in [6.07, 6.45) is 4.90. The van der Waals surface area contributed by atoms with Gasteiger partial charge in [-0.05, 0) is 57.4 Å². The van der Waals surface area contributed by atoms with Gasteiger partial charge in [0.25, 0.3) is 0 Å². The standard InChI is InChI=1S/C16H27N3O/c1-4-8-17-13(2)14-6-9-18-15(11-14)19-10-5-7-16(3,20)12-19/h6,9,11,13,17,20H,4-5,7-8,10,12H2,1-3H3. The fourth-order valence-electron chi connectivity index (χ4n) is 2.77. The molecule has 1 aliphatic heterocycles. The number of piperidine rings is 1. The predicted octanol–water partition coefficient (Wildman–Crippen LogP) is 2.49. The van der Waals surface area contributed by atoms with E-state index in [2.05, 4.69) is 41.2 Å². The van der Waals surface area contributed by atoms with Gasteiger partial charge in [0.1, 0.15) is 5.82 Å². The minimum absolute atomic E-state index is 0.335. The van der Waals surface area contributed by atoms with Crippen molar-refractivity contribution in [2.45, 2.75) is 51.7 Å². The van der Waals surface area contributed by atoms with Crippen LogP contribution in [0.25, 0.3) is 0 Å². The molecular weight excluding hydrogens is 250 g/mol. The number of β-amino-alcohol motifs (C(OH)–C–C–N with tert-alkyl or cyclic N) is 1. The molecule has 2 atom stereocenters. The zero-order valence-corrected chi connectivity index (χ0v) is 12.9. The smallest absolute Gasteiger partial charge is 0.128 e. The van der Waals surface area contributed by atoms with E-state index in [0.717, 1.165) is 38.2 Å². The zero-order valence-electron chi connectivity index (χ0n) is 12.9. The van der Waals surface area contributed by atoms with Gasteiger partial charge >= 0.3 is 0 Å². The summed E-state index contributed by atoms with van der Waals surface area (Å²) in [5.41, 5.74) is 0.663. The van der Waals surface area contributed by atoms with Crippen LogP contribution in [0.2, 0.25) is 0 Å². The number of hydrogen-bond acceptors (Lipinski definition) is 4. The lowest BCUT2D eigenvalue weighted by Gasteiger charge is -2.37. The highest BCUT2D eigenvalue weighted by atomic mass is 16.3. The number of nitrogens with zero attached hydrogens (tertiary/aromatic N) is 2. The van der Waals surface area contributed by atoms with E-state index >= 15 is 0 Å². The topological polar surface area (TPSA) is 48.4 Å². The van der Waals surface area contributed by atoms with Crippen LogP contribution in [-0.4, -0.2) is 35.3 Å². The van der Waals surface area contributed by atoms with Gasteiger partial charge in [-0.25, -0.2) is 4.98 Å². The van der Waals surface area contributed by atoms with Crippen molar-refractivity contribution in [2.75, 3.05) is 24.5 Å². The van der Waals surface area contributed by atoms with Crippen LogP contribution in [0.5, 0.6) is 0 Å². The van der Waals surface area contributed by atoms with E-state index < -0.39 is 5.60 Å². The van der Waals surface area contributed by atoms with E-state index in [4.69, 9.17) is 0 Å². The first-order chi connectivity index (χ1) is 9.52. The SMILES string of the molecule is CCCNC(C)c1ccnc(N2CCCC(C)(O)C2)c1. The lowest BCUT2D eigenvalue weighted by Crippen LogP contribution is -2.46. The van der Waals surface area contributed by atoms with Crippen LogP contribution in [0.4, 0.5) is 5.82 Å². The molecule has 0 bridgehead atoms. The maximum absolute atomic E-state index is 10.2. The molecule has 1 fully saturated rings. The molecule has 0 spiro atoms. The third-order valence-electron chi connectivity index (χ3n) is 3.97. The summed E-state index contributed by atoms with van der Waals surface area (Å²) in [6, 6.07) is 4.55. The van der Waals surface area contributed by atoms with Crippen molar-refractivity contribution in [2.24, 2.45) is 0 Å². The van der Waals surface area contributed by atoms with Gasteiger partial charge in [0, 0.05) is 25.3 Å². The Hall–Kier alpha value is -1.13. The molecule has 4 nitrogen and oxygen atoms in total. The summed E-state index contributed by atoms with van der Waals surface area (Å²) in [6.45, 7) is 8.93. The molecule has 2 rings (SSSR count). The van der Waals surface area contributed by atoms with Crippen LogP contribution in [0, 0.1) is 0 Å². The molecule has 1 saturated heterocycles. The van der Waals surface area contributed by atoms with Crippen molar-refractivity contribution < 1.29 is 5.11 Å². The van der Waals surface area contributed by atoms with Gasteiger partial charge in [-0.1, -0.05) is 6.92 Å². The molecule has 1 aliphatic rings.